The molecule has 0 aliphatic rings. The van der Waals surface area contributed by atoms with Crippen molar-refractivity contribution in [1.29, 1.82) is 0 Å². The average molecular weight is 299 g/mol. The van der Waals surface area contributed by atoms with Gasteiger partial charge in [-0.15, -0.1) is 0 Å². The number of rotatable bonds is 10. The van der Waals surface area contributed by atoms with Gasteiger partial charge in [0.2, 0.25) is 0 Å². The van der Waals surface area contributed by atoms with Crippen LogP contribution in [0.4, 0.5) is 0 Å². The molecule has 0 aliphatic carbocycles. The summed E-state index contributed by atoms with van der Waals surface area (Å²) in [5.41, 5.74) is 0. The van der Waals surface area contributed by atoms with Gasteiger partial charge in [-0.1, -0.05) is 6.92 Å². The first kappa shape index (κ1) is 17.4. The van der Waals surface area contributed by atoms with Crippen LogP contribution in [0.15, 0.2) is 0 Å². The van der Waals surface area contributed by atoms with E-state index in [0.29, 0.717) is 15.7 Å². The Morgan fingerprint density at radius 2 is 1.19 bits per heavy atom. The Morgan fingerprint density at radius 1 is 0.750 bits per heavy atom. The highest BCUT2D eigenvalue weighted by molar-refractivity contribution is 7.81. The maximum absolute atomic E-state index is 4.63. The molecule has 0 saturated heterocycles. The molecule has 0 spiro atoms. The molecule has 0 aromatic heterocycles. The molecule has 0 aliphatic heterocycles. The molecule has 98 valence electrons. The highest BCUT2D eigenvalue weighted by Crippen LogP contribution is 2.20. The summed E-state index contributed by atoms with van der Waals surface area (Å²) in [4.78, 5) is 0. The minimum Gasteiger partial charge on any atom is -0.179 e. The summed E-state index contributed by atoms with van der Waals surface area (Å²) in [5.74, 6) is 0.971. The maximum Gasteiger partial charge on any atom is 0.00176 e. The Hall–Kier alpha value is 1.40. The fourth-order valence-electron chi connectivity index (χ4n) is 1.59. The van der Waals surface area contributed by atoms with E-state index >= 15 is 0 Å². The van der Waals surface area contributed by atoms with Gasteiger partial charge in [-0.25, -0.2) is 0 Å². The Morgan fingerprint density at radius 3 is 1.62 bits per heavy atom. The number of hydrogen-bond donors (Lipinski definition) is 4. The van der Waals surface area contributed by atoms with Crippen molar-refractivity contribution in [1.82, 2.24) is 0 Å². The molecule has 16 heavy (non-hydrogen) atoms. The fraction of sp³-hybridized carbons (Fsp3) is 1.00. The Bertz CT molecular complexity index is 152. The van der Waals surface area contributed by atoms with E-state index in [-0.39, 0.29) is 0 Å². The third-order valence-electron chi connectivity index (χ3n) is 2.83. The molecular formula is C12H26S4. The monoisotopic (exact) mass is 298 g/mol. The van der Waals surface area contributed by atoms with Crippen LogP contribution in [-0.2, 0) is 0 Å². The van der Waals surface area contributed by atoms with E-state index in [2.05, 4.69) is 57.4 Å². The minimum atomic E-state index is 0.520. The Kier molecular flexibility index (Phi) is 12.5. The lowest BCUT2D eigenvalue weighted by Crippen LogP contribution is -2.08. The maximum atomic E-state index is 4.63. The lowest BCUT2D eigenvalue weighted by Gasteiger charge is -2.15. The fourth-order valence-corrected chi connectivity index (χ4v) is 2.55. The average Bonchev–Trinajstić information content (AvgIpc) is 2.30. The van der Waals surface area contributed by atoms with Crippen molar-refractivity contribution in [2.24, 2.45) is 0 Å². The summed E-state index contributed by atoms with van der Waals surface area (Å²) >= 11 is 17.9. The second kappa shape index (κ2) is 11.5. The van der Waals surface area contributed by atoms with Gasteiger partial charge in [0.1, 0.15) is 0 Å². The van der Waals surface area contributed by atoms with Gasteiger partial charge >= 0.3 is 0 Å². The van der Waals surface area contributed by atoms with Crippen LogP contribution in [-0.4, -0.2) is 21.5 Å². The zero-order valence-electron chi connectivity index (χ0n) is 10.2. The largest absolute Gasteiger partial charge is 0.179 e. The molecule has 0 rings (SSSR count). The number of hydrogen-bond acceptors (Lipinski definition) is 4. The lowest BCUT2D eigenvalue weighted by atomic mass is 10.1. The van der Waals surface area contributed by atoms with Crippen LogP contribution in [0.25, 0.3) is 0 Å². The highest BCUT2D eigenvalue weighted by atomic mass is 32.1. The van der Waals surface area contributed by atoms with E-state index in [4.69, 9.17) is 0 Å². The van der Waals surface area contributed by atoms with Crippen LogP contribution in [0.3, 0.4) is 0 Å². The van der Waals surface area contributed by atoms with Crippen LogP contribution in [0.5, 0.6) is 0 Å². The van der Waals surface area contributed by atoms with Gasteiger partial charge in [-0.05, 0) is 50.7 Å². The molecule has 3 atom stereocenters. The molecule has 0 bridgehead atoms. The molecule has 0 fully saturated rings. The van der Waals surface area contributed by atoms with Crippen LogP contribution in [0, 0.1) is 0 Å². The van der Waals surface area contributed by atoms with Gasteiger partial charge in [0, 0.05) is 15.7 Å². The molecular weight excluding hydrogens is 272 g/mol. The number of thiol groups is 4. The van der Waals surface area contributed by atoms with E-state index in [0.717, 1.165) is 12.2 Å². The van der Waals surface area contributed by atoms with E-state index in [1.54, 1.807) is 0 Å². The first-order valence-corrected chi connectivity index (χ1v) is 8.43. The van der Waals surface area contributed by atoms with E-state index < -0.39 is 0 Å². The normalized spacial score (nSPS) is 17.1. The third-order valence-corrected chi connectivity index (χ3v) is 4.81. The van der Waals surface area contributed by atoms with Gasteiger partial charge in [0.15, 0.2) is 0 Å². The molecule has 3 unspecified atom stereocenters. The van der Waals surface area contributed by atoms with E-state index in [1.807, 2.05) is 0 Å². The van der Waals surface area contributed by atoms with Crippen LogP contribution in [0.1, 0.15) is 51.9 Å². The summed E-state index contributed by atoms with van der Waals surface area (Å²) in [6.45, 7) is 2.19. The second-order valence-corrected chi connectivity index (χ2v) is 7.03. The summed E-state index contributed by atoms with van der Waals surface area (Å²) < 4.78 is 0. The zero-order valence-corrected chi connectivity index (χ0v) is 13.8. The van der Waals surface area contributed by atoms with Crippen molar-refractivity contribution >= 4 is 50.5 Å². The van der Waals surface area contributed by atoms with Crippen molar-refractivity contribution in [3.05, 3.63) is 0 Å². The van der Waals surface area contributed by atoms with Crippen LogP contribution in [0.2, 0.25) is 0 Å². The highest BCUT2D eigenvalue weighted by Gasteiger charge is 2.09. The molecule has 0 aromatic rings. The summed E-state index contributed by atoms with van der Waals surface area (Å²) in [6.07, 6.45) is 8.21. The van der Waals surface area contributed by atoms with Crippen molar-refractivity contribution in [2.75, 3.05) is 5.75 Å². The molecule has 0 aromatic carbocycles. The van der Waals surface area contributed by atoms with Crippen LogP contribution < -0.4 is 0 Å². The van der Waals surface area contributed by atoms with Gasteiger partial charge < -0.3 is 0 Å². The Balaban J connectivity index is 3.45. The molecule has 0 nitrogen and oxygen atoms in total. The molecule has 0 radical (unpaired) electrons. The molecule has 0 N–H and O–H groups in total. The summed E-state index contributed by atoms with van der Waals surface area (Å²) in [7, 11) is 0. The van der Waals surface area contributed by atoms with Crippen LogP contribution >= 0.6 is 50.5 Å². The topological polar surface area (TPSA) is 0 Å². The van der Waals surface area contributed by atoms with Crippen molar-refractivity contribution in [3.63, 3.8) is 0 Å². The first-order chi connectivity index (χ1) is 7.60. The zero-order chi connectivity index (χ0) is 12.4. The van der Waals surface area contributed by atoms with Gasteiger partial charge in [-0.2, -0.15) is 50.5 Å². The molecule has 0 amide bonds. The molecule has 4 heteroatoms. The molecule has 0 saturated carbocycles. The summed E-state index contributed by atoms with van der Waals surface area (Å²) in [6, 6.07) is 0. The minimum absolute atomic E-state index is 0.520. The SMILES string of the molecule is CCC(S)CCC(S)CCC(S)CCCS. The smallest absolute Gasteiger partial charge is 0.00176 e. The van der Waals surface area contributed by atoms with E-state index in [9.17, 15) is 0 Å². The predicted molar refractivity (Wildman–Crippen MR) is 90.2 cm³/mol. The van der Waals surface area contributed by atoms with Crippen molar-refractivity contribution in [2.45, 2.75) is 67.6 Å². The first-order valence-electron chi connectivity index (χ1n) is 6.25. The van der Waals surface area contributed by atoms with Gasteiger partial charge in [0.25, 0.3) is 0 Å². The van der Waals surface area contributed by atoms with Gasteiger partial charge in [0.05, 0.1) is 0 Å². The summed E-state index contributed by atoms with van der Waals surface area (Å²) in [5, 5.41) is 1.59. The van der Waals surface area contributed by atoms with Gasteiger partial charge in [-0.3, -0.25) is 0 Å². The predicted octanol–water partition coefficient (Wildman–Crippen LogP) is 4.56. The second-order valence-electron chi connectivity index (χ2n) is 4.39. The third kappa shape index (κ3) is 10.5. The van der Waals surface area contributed by atoms with Crippen molar-refractivity contribution in [3.8, 4) is 0 Å². The quantitative estimate of drug-likeness (QED) is 0.418. The standard InChI is InChI=1S/C12H26S4/c1-2-10(14)5-6-12(16)8-7-11(15)4-3-9-13/h10-16H,2-9H2,1H3. The Labute approximate surface area is 123 Å². The van der Waals surface area contributed by atoms with E-state index in [1.165, 1.54) is 38.5 Å². The van der Waals surface area contributed by atoms with Crippen molar-refractivity contribution < 1.29 is 0 Å². The molecule has 0 heterocycles. The lowest BCUT2D eigenvalue weighted by molar-refractivity contribution is 0.590.